The molecule has 0 aliphatic carbocycles. The van der Waals surface area contributed by atoms with Crippen LogP contribution in [0.1, 0.15) is 20.3 Å². The van der Waals surface area contributed by atoms with Crippen LogP contribution in [0.5, 0.6) is 0 Å². The molecule has 1 heterocycles. The van der Waals surface area contributed by atoms with Crippen LogP contribution in [0.4, 0.5) is 10.1 Å². The number of benzene rings is 1. The van der Waals surface area contributed by atoms with E-state index < -0.39 is 5.97 Å². The van der Waals surface area contributed by atoms with Gasteiger partial charge in [-0.3, -0.25) is 4.79 Å². The minimum atomic E-state index is -0.823. The van der Waals surface area contributed by atoms with Gasteiger partial charge in [-0.15, -0.1) is 0 Å². The number of anilines is 1. The van der Waals surface area contributed by atoms with Crippen LogP contribution in [0.3, 0.4) is 0 Å². The number of carboxylic acid groups (broad SMARTS) is 1. The van der Waals surface area contributed by atoms with E-state index in [0.29, 0.717) is 6.54 Å². The maximum atomic E-state index is 13.0. The second-order valence-electron chi connectivity index (χ2n) is 5.54. The third-order valence-electron chi connectivity index (χ3n) is 3.47. The fraction of sp³-hybridized carbons (Fsp3) is 0.500. The minimum Gasteiger partial charge on any atom is -0.481 e. The fourth-order valence-corrected chi connectivity index (χ4v) is 2.74. The smallest absolute Gasteiger partial charge is 0.305 e. The van der Waals surface area contributed by atoms with Crippen molar-refractivity contribution in [2.45, 2.75) is 31.8 Å². The van der Waals surface area contributed by atoms with E-state index in [0.717, 1.165) is 12.2 Å². The van der Waals surface area contributed by atoms with Gasteiger partial charge in [-0.1, -0.05) is 0 Å². The van der Waals surface area contributed by atoms with Crippen molar-refractivity contribution in [1.29, 1.82) is 0 Å². The van der Waals surface area contributed by atoms with Crippen molar-refractivity contribution >= 4 is 11.7 Å². The summed E-state index contributed by atoms with van der Waals surface area (Å²) >= 11 is 0. The van der Waals surface area contributed by atoms with Crippen molar-refractivity contribution in [3.63, 3.8) is 0 Å². The van der Waals surface area contributed by atoms with Gasteiger partial charge in [0.15, 0.2) is 0 Å². The highest BCUT2D eigenvalue weighted by Gasteiger charge is 2.37. The van der Waals surface area contributed by atoms with Crippen LogP contribution in [0.2, 0.25) is 0 Å². The fourth-order valence-electron chi connectivity index (χ4n) is 2.74. The second-order valence-corrected chi connectivity index (χ2v) is 5.54. The number of rotatable bonds is 3. The molecule has 4 nitrogen and oxygen atoms in total. The third kappa shape index (κ3) is 3.04. The zero-order valence-corrected chi connectivity index (χ0v) is 11.2. The van der Waals surface area contributed by atoms with Gasteiger partial charge in [-0.25, -0.2) is 4.39 Å². The lowest BCUT2D eigenvalue weighted by Gasteiger charge is -2.49. The molecule has 2 N–H and O–H groups in total. The van der Waals surface area contributed by atoms with E-state index in [1.165, 1.54) is 12.1 Å². The zero-order chi connectivity index (χ0) is 14.0. The Morgan fingerprint density at radius 2 is 2.11 bits per heavy atom. The first-order valence-corrected chi connectivity index (χ1v) is 6.37. The summed E-state index contributed by atoms with van der Waals surface area (Å²) in [6, 6.07) is 6.09. The first-order valence-electron chi connectivity index (χ1n) is 6.37. The Morgan fingerprint density at radius 1 is 1.47 bits per heavy atom. The molecule has 1 aliphatic rings. The molecule has 0 saturated carbocycles. The first kappa shape index (κ1) is 13.8. The molecule has 1 aromatic rings. The molecule has 0 spiro atoms. The lowest BCUT2D eigenvalue weighted by molar-refractivity contribution is -0.137. The number of carbonyl (C=O) groups is 1. The Hall–Kier alpha value is -1.62. The Morgan fingerprint density at radius 3 is 2.68 bits per heavy atom. The number of nitrogens with zero attached hydrogens (tertiary/aromatic N) is 1. The Bertz CT molecular complexity index is 459. The van der Waals surface area contributed by atoms with Gasteiger partial charge in [-0.05, 0) is 38.1 Å². The third-order valence-corrected chi connectivity index (χ3v) is 3.47. The van der Waals surface area contributed by atoms with Gasteiger partial charge in [0.05, 0.1) is 12.5 Å². The van der Waals surface area contributed by atoms with Crippen LogP contribution >= 0.6 is 0 Å². The van der Waals surface area contributed by atoms with Crippen LogP contribution in [0, 0.1) is 5.82 Å². The molecule has 19 heavy (non-hydrogen) atoms. The number of carboxylic acids is 1. The molecule has 1 saturated heterocycles. The van der Waals surface area contributed by atoms with Crippen molar-refractivity contribution in [2.75, 3.05) is 18.0 Å². The normalized spacial score (nSPS) is 22.3. The van der Waals surface area contributed by atoms with Crippen LogP contribution in [-0.4, -0.2) is 35.7 Å². The Labute approximate surface area is 112 Å². The standard InChI is InChI=1S/C14H19FN2O2/c1-14(2)9-16-8-12(7-13(18)19)17(14)11-5-3-10(15)4-6-11/h3-6,12,16H,7-9H2,1-2H3,(H,18,19). The van der Waals surface area contributed by atoms with E-state index in [1.807, 2.05) is 0 Å². The molecule has 0 radical (unpaired) electrons. The predicted molar refractivity (Wildman–Crippen MR) is 71.9 cm³/mol. The summed E-state index contributed by atoms with van der Waals surface area (Å²) in [7, 11) is 0. The molecule has 0 bridgehead atoms. The van der Waals surface area contributed by atoms with E-state index >= 15 is 0 Å². The summed E-state index contributed by atoms with van der Waals surface area (Å²) in [4.78, 5) is 13.1. The Kier molecular flexibility index (Phi) is 3.75. The topological polar surface area (TPSA) is 52.6 Å². The van der Waals surface area contributed by atoms with E-state index in [9.17, 15) is 9.18 Å². The molecule has 104 valence electrons. The molecule has 1 aromatic carbocycles. The molecular formula is C14H19FN2O2. The Balaban J connectivity index is 2.33. The minimum absolute atomic E-state index is 0.0633. The van der Waals surface area contributed by atoms with Crippen LogP contribution < -0.4 is 10.2 Å². The molecule has 1 fully saturated rings. The van der Waals surface area contributed by atoms with Crippen molar-refractivity contribution in [3.05, 3.63) is 30.1 Å². The summed E-state index contributed by atoms with van der Waals surface area (Å²) in [5, 5.41) is 12.3. The van der Waals surface area contributed by atoms with Crippen molar-refractivity contribution in [1.82, 2.24) is 5.32 Å². The number of hydrogen-bond donors (Lipinski definition) is 2. The van der Waals surface area contributed by atoms with Crippen molar-refractivity contribution < 1.29 is 14.3 Å². The molecule has 0 amide bonds. The van der Waals surface area contributed by atoms with Gasteiger partial charge in [0.2, 0.25) is 0 Å². The largest absolute Gasteiger partial charge is 0.481 e. The lowest BCUT2D eigenvalue weighted by atomic mass is 9.93. The van der Waals surface area contributed by atoms with Gasteiger partial charge < -0.3 is 15.3 Å². The monoisotopic (exact) mass is 266 g/mol. The highest BCUT2D eigenvalue weighted by Crippen LogP contribution is 2.30. The molecule has 2 rings (SSSR count). The molecule has 1 unspecified atom stereocenters. The quantitative estimate of drug-likeness (QED) is 0.876. The molecule has 1 atom stereocenters. The molecule has 0 aromatic heterocycles. The van der Waals surface area contributed by atoms with Gasteiger partial charge in [0.25, 0.3) is 0 Å². The van der Waals surface area contributed by atoms with Gasteiger partial charge in [0.1, 0.15) is 5.82 Å². The lowest BCUT2D eigenvalue weighted by Crippen LogP contribution is -2.63. The summed E-state index contributed by atoms with van der Waals surface area (Å²) in [6.07, 6.45) is 0.0633. The number of hydrogen-bond acceptors (Lipinski definition) is 3. The summed E-state index contributed by atoms with van der Waals surface area (Å²) < 4.78 is 13.0. The van der Waals surface area contributed by atoms with Gasteiger partial charge >= 0.3 is 5.97 Å². The summed E-state index contributed by atoms with van der Waals surface area (Å²) in [5.41, 5.74) is 0.648. The highest BCUT2D eigenvalue weighted by molar-refractivity contribution is 5.69. The first-order chi connectivity index (χ1) is 8.90. The van der Waals surface area contributed by atoms with E-state index in [1.54, 1.807) is 12.1 Å². The zero-order valence-electron chi connectivity index (χ0n) is 11.2. The van der Waals surface area contributed by atoms with Crippen LogP contribution in [-0.2, 0) is 4.79 Å². The van der Waals surface area contributed by atoms with Crippen molar-refractivity contribution in [2.24, 2.45) is 0 Å². The van der Waals surface area contributed by atoms with E-state index in [-0.39, 0.29) is 23.8 Å². The molecule has 1 aliphatic heterocycles. The van der Waals surface area contributed by atoms with Gasteiger partial charge in [0, 0.05) is 24.3 Å². The SMILES string of the molecule is CC1(C)CNCC(CC(=O)O)N1c1ccc(F)cc1. The average Bonchev–Trinajstić information content (AvgIpc) is 2.29. The maximum absolute atomic E-state index is 13.0. The second kappa shape index (κ2) is 5.17. The predicted octanol–water partition coefficient (Wildman–Crippen LogP) is 1.86. The van der Waals surface area contributed by atoms with Crippen LogP contribution in [0.25, 0.3) is 0 Å². The number of halogens is 1. The number of piperazine rings is 1. The van der Waals surface area contributed by atoms with Crippen molar-refractivity contribution in [3.8, 4) is 0 Å². The molecule has 5 heteroatoms. The highest BCUT2D eigenvalue weighted by atomic mass is 19.1. The van der Waals surface area contributed by atoms with E-state index in [2.05, 4.69) is 24.1 Å². The van der Waals surface area contributed by atoms with Gasteiger partial charge in [-0.2, -0.15) is 0 Å². The number of aliphatic carboxylic acids is 1. The summed E-state index contributed by atoms with van der Waals surface area (Å²) in [5.74, 6) is -1.11. The maximum Gasteiger partial charge on any atom is 0.305 e. The van der Waals surface area contributed by atoms with Crippen LogP contribution in [0.15, 0.2) is 24.3 Å². The summed E-state index contributed by atoms with van der Waals surface area (Å²) in [6.45, 7) is 5.49. The number of nitrogens with one attached hydrogen (secondary N) is 1. The molecular weight excluding hydrogens is 247 g/mol. The van der Waals surface area contributed by atoms with E-state index in [4.69, 9.17) is 5.11 Å². The average molecular weight is 266 g/mol.